The molecule has 92 valence electrons. The quantitative estimate of drug-likeness (QED) is 0.919. The van der Waals surface area contributed by atoms with Crippen LogP contribution in [0.5, 0.6) is 0 Å². The Morgan fingerprint density at radius 1 is 1.47 bits per heavy atom. The number of hydrogen-bond donors (Lipinski definition) is 1. The van der Waals surface area contributed by atoms with E-state index in [1.165, 1.54) is 11.5 Å². The van der Waals surface area contributed by atoms with Gasteiger partial charge in [-0.2, -0.15) is 5.10 Å². The van der Waals surface area contributed by atoms with Crippen LogP contribution in [0.15, 0.2) is 16.9 Å². The Kier molecular flexibility index (Phi) is 4.25. The Hall–Kier alpha value is -0.790. The molecule has 2 heterocycles. The van der Waals surface area contributed by atoms with E-state index >= 15 is 0 Å². The van der Waals surface area contributed by atoms with Crippen molar-refractivity contribution in [3.05, 3.63) is 27.4 Å². The van der Waals surface area contributed by atoms with Gasteiger partial charge in [0.2, 0.25) is 0 Å². The van der Waals surface area contributed by atoms with E-state index in [1.807, 2.05) is 10.9 Å². The van der Waals surface area contributed by atoms with E-state index in [0.717, 1.165) is 28.1 Å². The lowest BCUT2D eigenvalue weighted by Gasteiger charge is -2.17. The summed E-state index contributed by atoms with van der Waals surface area (Å²) < 4.78 is 6.92. The maximum absolute atomic E-state index is 4.34. The van der Waals surface area contributed by atoms with Crippen LogP contribution in [0.1, 0.15) is 30.5 Å². The minimum absolute atomic E-state index is 0.0943. The lowest BCUT2D eigenvalue weighted by Crippen LogP contribution is -2.24. The molecule has 17 heavy (non-hydrogen) atoms. The predicted molar refractivity (Wildman–Crippen MR) is 71.0 cm³/mol. The standard InChI is InChI=1S/C10H14BrN5S/c1-3-12-9(8-6-13-15-17-8)10-7(11)5-14-16(10)4-2/h5-6,9,12H,3-4H2,1-2H3. The number of nitrogens with zero attached hydrogens (tertiary/aromatic N) is 4. The molecule has 0 aromatic carbocycles. The van der Waals surface area contributed by atoms with Gasteiger partial charge in [0.1, 0.15) is 0 Å². The van der Waals surface area contributed by atoms with Gasteiger partial charge in [0, 0.05) is 6.54 Å². The summed E-state index contributed by atoms with van der Waals surface area (Å²) in [5, 5.41) is 11.7. The second-order valence-corrected chi connectivity index (χ2v) is 5.18. The van der Waals surface area contributed by atoms with Crippen LogP contribution in [0.3, 0.4) is 0 Å². The molecule has 1 N–H and O–H groups in total. The molecule has 0 saturated heterocycles. The minimum Gasteiger partial charge on any atom is -0.304 e. The van der Waals surface area contributed by atoms with Crippen LogP contribution in [0.4, 0.5) is 0 Å². The summed E-state index contributed by atoms with van der Waals surface area (Å²) in [4.78, 5) is 1.10. The van der Waals surface area contributed by atoms with E-state index in [9.17, 15) is 0 Å². The van der Waals surface area contributed by atoms with E-state index in [4.69, 9.17) is 0 Å². The SMILES string of the molecule is CCNC(c1cnns1)c1c(Br)cnn1CC. The van der Waals surface area contributed by atoms with Gasteiger partial charge in [0.05, 0.1) is 33.5 Å². The Bertz CT molecular complexity index is 467. The first kappa shape index (κ1) is 12.7. The van der Waals surface area contributed by atoms with Crippen molar-refractivity contribution >= 4 is 27.5 Å². The molecule has 0 saturated carbocycles. The maximum Gasteiger partial charge on any atom is 0.0885 e. The molecule has 2 aromatic rings. The van der Waals surface area contributed by atoms with Crippen molar-refractivity contribution in [3.8, 4) is 0 Å². The fourth-order valence-corrected chi connectivity index (χ4v) is 2.86. The summed E-state index contributed by atoms with van der Waals surface area (Å²) >= 11 is 4.97. The van der Waals surface area contributed by atoms with Crippen molar-refractivity contribution in [1.82, 2.24) is 24.7 Å². The highest BCUT2D eigenvalue weighted by Crippen LogP contribution is 2.29. The summed E-state index contributed by atoms with van der Waals surface area (Å²) in [7, 11) is 0. The lowest BCUT2D eigenvalue weighted by molar-refractivity contribution is 0.545. The Morgan fingerprint density at radius 3 is 2.88 bits per heavy atom. The molecular formula is C10H14BrN5S. The van der Waals surface area contributed by atoms with E-state index in [0.29, 0.717) is 0 Å². The molecule has 2 rings (SSSR count). The molecule has 2 aromatic heterocycles. The van der Waals surface area contributed by atoms with Gasteiger partial charge in [0.15, 0.2) is 0 Å². The topological polar surface area (TPSA) is 55.6 Å². The molecule has 0 spiro atoms. The number of halogens is 1. The zero-order valence-electron chi connectivity index (χ0n) is 9.72. The lowest BCUT2D eigenvalue weighted by atomic mass is 10.2. The van der Waals surface area contributed by atoms with Crippen molar-refractivity contribution in [3.63, 3.8) is 0 Å². The van der Waals surface area contributed by atoms with Crippen molar-refractivity contribution in [2.75, 3.05) is 6.54 Å². The Labute approximate surface area is 113 Å². The van der Waals surface area contributed by atoms with Gasteiger partial charge in [-0.15, -0.1) is 5.10 Å². The summed E-state index contributed by atoms with van der Waals surface area (Å²) in [5.41, 5.74) is 1.13. The number of nitrogens with one attached hydrogen (secondary N) is 1. The van der Waals surface area contributed by atoms with Crippen molar-refractivity contribution < 1.29 is 0 Å². The third-order valence-electron chi connectivity index (χ3n) is 2.48. The van der Waals surface area contributed by atoms with Gasteiger partial charge in [-0.25, -0.2) is 0 Å². The normalized spacial score (nSPS) is 12.9. The van der Waals surface area contributed by atoms with Crippen LogP contribution in [-0.4, -0.2) is 25.9 Å². The molecule has 0 bridgehead atoms. The zero-order valence-corrected chi connectivity index (χ0v) is 12.1. The summed E-state index contributed by atoms with van der Waals surface area (Å²) in [6.45, 7) is 5.89. The fourth-order valence-electron chi connectivity index (χ4n) is 1.75. The average Bonchev–Trinajstić information content (AvgIpc) is 2.95. The molecule has 7 heteroatoms. The van der Waals surface area contributed by atoms with Crippen LogP contribution >= 0.6 is 27.5 Å². The fraction of sp³-hybridized carbons (Fsp3) is 0.500. The van der Waals surface area contributed by atoms with Gasteiger partial charge < -0.3 is 5.32 Å². The second kappa shape index (κ2) is 5.70. The van der Waals surface area contributed by atoms with Crippen molar-refractivity contribution in [2.24, 2.45) is 0 Å². The third kappa shape index (κ3) is 2.56. The third-order valence-corrected chi connectivity index (χ3v) is 3.82. The highest BCUT2D eigenvalue weighted by molar-refractivity contribution is 9.10. The van der Waals surface area contributed by atoms with E-state index in [-0.39, 0.29) is 6.04 Å². The van der Waals surface area contributed by atoms with Crippen molar-refractivity contribution in [2.45, 2.75) is 26.4 Å². The minimum atomic E-state index is 0.0943. The van der Waals surface area contributed by atoms with Crippen LogP contribution < -0.4 is 5.32 Å². The largest absolute Gasteiger partial charge is 0.304 e. The molecule has 5 nitrogen and oxygen atoms in total. The molecular weight excluding hydrogens is 302 g/mol. The zero-order chi connectivity index (χ0) is 12.3. The van der Waals surface area contributed by atoms with Gasteiger partial charge in [-0.3, -0.25) is 4.68 Å². The van der Waals surface area contributed by atoms with Crippen LogP contribution in [0, 0.1) is 0 Å². The first-order chi connectivity index (χ1) is 8.27. The van der Waals surface area contributed by atoms with Crippen LogP contribution in [0.25, 0.3) is 0 Å². The van der Waals surface area contributed by atoms with Gasteiger partial charge in [-0.1, -0.05) is 11.4 Å². The predicted octanol–water partition coefficient (Wildman–Crippen LogP) is 2.22. The maximum atomic E-state index is 4.34. The Balaban J connectivity index is 2.42. The van der Waals surface area contributed by atoms with Crippen LogP contribution in [-0.2, 0) is 6.54 Å². The highest BCUT2D eigenvalue weighted by atomic mass is 79.9. The average molecular weight is 316 g/mol. The molecule has 0 aliphatic rings. The summed E-state index contributed by atoms with van der Waals surface area (Å²) in [6, 6.07) is 0.0943. The number of aromatic nitrogens is 4. The molecule has 1 atom stereocenters. The smallest absolute Gasteiger partial charge is 0.0885 e. The van der Waals surface area contributed by atoms with E-state index in [1.54, 1.807) is 6.20 Å². The van der Waals surface area contributed by atoms with Gasteiger partial charge >= 0.3 is 0 Å². The molecule has 0 amide bonds. The molecule has 1 unspecified atom stereocenters. The van der Waals surface area contributed by atoms with Crippen LogP contribution in [0.2, 0.25) is 0 Å². The summed E-state index contributed by atoms with van der Waals surface area (Å²) in [5.74, 6) is 0. The van der Waals surface area contributed by atoms with Crippen molar-refractivity contribution in [1.29, 1.82) is 0 Å². The number of hydrogen-bond acceptors (Lipinski definition) is 5. The van der Waals surface area contributed by atoms with E-state index < -0.39 is 0 Å². The number of aryl methyl sites for hydroxylation is 1. The molecule has 0 fully saturated rings. The Morgan fingerprint density at radius 2 is 2.29 bits per heavy atom. The number of rotatable bonds is 5. The first-order valence-corrected chi connectivity index (χ1v) is 7.06. The van der Waals surface area contributed by atoms with E-state index in [2.05, 4.69) is 49.8 Å². The highest BCUT2D eigenvalue weighted by Gasteiger charge is 2.22. The van der Waals surface area contributed by atoms with Gasteiger partial charge in [-0.05, 0) is 40.9 Å². The molecule has 0 radical (unpaired) electrons. The second-order valence-electron chi connectivity index (χ2n) is 3.50. The first-order valence-electron chi connectivity index (χ1n) is 5.49. The molecule has 0 aliphatic heterocycles. The monoisotopic (exact) mass is 315 g/mol. The molecule has 0 aliphatic carbocycles. The summed E-state index contributed by atoms with van der Waals surface area (Å²) in [6.07, 6.45) is 3.63. The van der Waals surface area contributed by atoms with Gasteiger partial charge in [0.25, 0.3) is 0 Å².